The van der Waals surface area contributed by atoms with Gasteiger partial charge in [-0.15, -0.1) is 0 Å². The van der Waals surface area contributed by atoms with Crippen LogP contribution in [0.25, 0.3) is 11.6 Å². The highest BCUT2D eigenvalue weighted by Crippen LogP contribution is 2.30. The van der Waals surface area contributed by atoms with Crippen LogP contribution in [0.15, 0.2) is 27.3 Å². The van der Waals surface area contributed by atoms with Crippen LogP contribution in [0.3, 0.4) is 0 Å². The van der Waals surface area contributed by atoms with Crippen molar-refractivity contribution < 1.29 is 23.6 Å². The first-order valence-corrected chi connectivity index (χ1v) is 7.35. The average molecular weight is 319 g/mol. The van der Waals surface area contributed by atoms with Gasteiger partial charge in [-0.1, -0.05) is 5.16 Å². The van der Waals surface area contributed by atoms with Crippen LogP contribution in [-0.4, -0.2) is 45.1 Å². The molecule has 0 radical (unpaired) electrons. The van der Waals surface area contributed by atoms with Gasteiger partial charge in [0.1, 0.15) is 0 Å². The van der Waals surface area contributed by atoms with Crippen molar-refractivity contribution >= 4 is 11.9 Å². The van der Waals surface area contributed by atoms with Crippen LogP contribution >= 0.6 is 0 Å². The van der Waals surface area contributed by atoms with E-state index in [0.717, 1.165) is 0 Å². The molecule has 3 heterocycles. The average Bonchev–Trinajstić information content (AvgIpc) is 3.25. The van der Waals surface area contributed by atoms with Crippen molar-refractivity contribution in [3.63, 3.8) is 0 Å². The molecule has 0 saturated carbocycles. The van der Waals surface area contributed by atoms with Crippen LogP contribution in [-0.2, 0) is 16.0 Å². The van der Waals surface area contributed by atoms with Crippen LogP contribution in [0.1, 0.15) is 25.7 Å². The summed E-state index contributed by atoms with van der Waals surface area (Å²) in [5.41, 5.74) is -0.855. The zero-order valence-corrected chi connectivity index (χ0v) is 12.7. The lowest BCUT2D eigenvalue weighted by Crippen LogP contribution is -2.34. The van der Waals surface area contributed by atoms with Crippen LogP contribution in [0.2, 0.25) is 0 Å². The second-order valence-electron chi connectivity index (χ2n) is 5.92. The molecule has 1 fully saturated rings. The van der Waals surface area contributed by atoms with Gasteiger partial charge in [-0.2, -0.15) is 4.98 Å². The van der Waals surface area contributed by atoms with Gasteiger partial charge in [0.05, 0.1) is 11.7 Å². The van der Waals surface area contributed by atoms with E-state index >= 15 is 0 Å². The molecular formula is C15H17N3O5. The Hall–Kier alpha value is -2.64. The van der Waals surface area contributed by atoms with Gasteiger partial charge in [0.25, 0.3) is 0 Å². The Bertz CT molecular complexity index is 709. The van der Waals surface area contributed by atoms with Crippen LogP contribution in [0.4, 0.5) is 0 Å². The van der Waals surface area contributed by atoms with Crippen molar-refractivity contribution in [2.75, 3.05) is 13.1 Å². The summed E-state index contributed by atoms with van der Waals surface area (Å²) in [4.78, 5) is 29.1. The minimum absolute atomic E-state index is 0.104. The smallest absolute Gasteiger partial charge is 0.311 e. The molecule has 122 valence electrons. The highest BCUT2D eigenvalue weighted by Gasteiger charge is 2.41. The number of hydrogen-bond acceptors (Lipinski definition) is 6. The maximum atomic E-state index is 12.2. The number of carbonyl (C=O) groups excluding carboxylic acids is 1. The van der Waals surface area contributed by atoms with E-state index in [-0.39, 0.29) is 18.9 Å². The summed E-state index contributed by atoms with van der Waals surface area (Å²) in [6.07, 6.45) is 2.50. The summed E-state index contributed by atoms with van der Waals surface area (Å²) in [6.45, 7) is 2.36. The fraction of sp³-hybridized carbons (Fsp3) is 0.467. The number of furan rings is 1. The zero-order valence-electron chi connectivity index (χ0n) is 12.7. The number of hydrogen-bond donors (Lipinski definition) is 1. The third kappa shape index (κ3) is 3.10. The number of rotatable bonds is 5. The molecule has 2 aromatic rings. The van der Waals surface area contributed by atoms with Crippen molar-refractivity contribution in [3.05, 3.63) is 24.3 Å². The molecule has 0 aliphatic carbocycles. The molecule has 0 spiro atoms. The molecule has 1 atom stereocenters. The van der Waals surface area contributed by atoms with Gasteiger partial charge in [0.2, 0.25) is 17.6 Å². The number of carboxylic acid groups (broad SMARTS) is 1. The Morgan fingerprint density at radius 1 is 1.48 bits per heavy atom. The Morgan fingerprint density at radius 3 is 2.96 bits per heavy atom. The molecule has 8 heteroatoms. The first kappa shape index (κ1) is 15.3. The van der Waals surface area contributed by atoms with E-state index in [2.05, 4.69) is 10.1 Å². The largest absolute Gasteiger partial charge is 0.481 e. The predicted molar refractivity (Wildman–Crippen MR) is 77.3 cm³/mol. The minimum atomic E-state index is -0.868. The summed E-state index contributed by atoms with van der Waals surface area (Å²) in [7, 11) is 0. The molecule has 8 nitrogen and oxygen atoms in total. The van der Waals surface area contributed by atoms with E-state index in [9.17, 15) is 14.7 Å². The fourth-order valence-electron chi connectivity index (χ4n) is 2.58. The molecule has 1 amide bonds. The third-order valence-electron chi connectivity index (χ3n) is 4.10. The lowest BCUT2D eigenvalue weighted by atomic mass is 9.90. The number of aromatic nitrogens is 2. The zero-order chi connectivity index (χ0) is 16.4. The Kier molecular flexibility index (Phi) is 3.89. The van der Waals surface area contributed by atoms with Crippen molar-refractivity contribution in [1.82, 2.24) is 15.0 Å². The molecule has 1 saturated heterocycles. The number of aryl methyl sites for hydroxylation is 1. The van der Waals surface area contributed by atoms with Crippen molar-refractivity contribution in [2.45, 2.75) is 26.2 Å². The molecular weight excluding hydrogens is 302 g/mol. The maximum absolute atomic E-state index is 12.2. The molecule has 3 rings (SSSR count). The lowest BCUT2D eigenvalue weighted by Gasteiger charge is -2.19. The van der Waals surface area contributed by atoms with E-state index in [1.54, 1.807) is 24.0 Å². The number of amides is 1. The van der Waals surface area contributed by atoms with E-state index in [4.69, 9.17) is 8.94 Å². The number of aliphatic carboxylic acids is 1. The SMILES string of the molecule is CC1(C(=O)O)CCN(C(=O)CCc2nc(-c3ccco3)no2)C1. The van der Waals surface area contributed by atoms with Crippen LogP contribution in [0, 0.1) is 5.41 Å². The molecule has 1 aliphatic heterocycles. The number of likely N-dealkylation sites (tertiary alicyclic amines) is 1. The van der Waals surface area contributed by atoms with Gasteiger partial charge >= 0.3 is 5.97 Å². The van der Waals surface area contributed by atoms with Gasteiger partial charge < -0.3 is 18.9 Å². The number of nitrogens with zero attached hydrogens (tertiary/aromatic N) is 3. The van der Waals surface area contributed by atoms with Gasteiger partial charge in [0.15, 0.2) is 5.76 Å². The molecule has 1 unspecified atom stereocenters. The highest BCUT2D eigenvalue weighted by molar-refractivity contribution is 5.80. The topological polar surface area (TPSA) is 110 Å². The normalized spacial score (nSPS) is 20.8. The van der Waals surface area contributed by atoms with Crippen LogP contribution in [0.5, 0.6) is 0 Å². The number of carbonyl (C=O) groups is 2. The number of carboxylic acids is 1. The molecule has 0 bridgehead atoms. The minimum Gasteiger partial charge on any atom is -0.481 e. The van der Waals surface area contributed by atoms with Gasteiger partial charge in [-0.25, -0.2) is 0 Å². The molecule has 1 aliphatic rings. The lowest BCUT2D eigenvalue weighted by molar-refractivity contribution is -0.147. The molecule has 1 N–H and O–H groups in total. The van der Waals surface area contributed by atoms with Gasteiger partial charge in [0, 0.05) is 25.9 Å². The van der Waals surface area contributed by atoms with Gasteiger partial charge in [-0.3, -0.25) is 9.59 Å². The summed E-state index contributed by atoms with van der Waals surface area (Å²) in [6, 6.07) is 3.44. The summed E-state index contributed by atoms with van der Waals surface area (Å²) in [5.74, 6) is 0.227. The predicted octanol–water partition coefficient (Wildman–Crippen LogP) is 1.59. The standard InChI is InChI=1S/C15H17N3O5/c1-15(14(20)21)6-7-18(9-15)12(19)5-4-11-16-13(17-23-11)10-3-2-8-22-10/h2-3,8H,4-7,9H2,1H3,(H,20,21). The third-order valence-corrected chi connectivity index (χ3v) is 4.10. The quantitative estimate of drug-likeness (QED) is 0.891. The highest BCUT2D eigenvalue weighted by atomic mass is 16.5. The summed E-state index contributed by atoms with van der Waals surface area (Å²) >= 11 is 0. The Labute approximate surface area is 132 Å². The fourth-order valence-corrected chi connectivity index (χ4v) is 2.58. The van der Waals surface area contributed by atoms with E-state index < -0.39 is 11.4 Å². The van der Waals surface area contributed by atoms with E-state index in [1.807, 2.05) is 0 Å². The molecule has 0 aromatic carbocycles. The van der Waals surface area contributed by atoms with E-state index in [1.165, 1.54) is 6.26 Å². The Balaban J connectivity index is 1.55. The Morgan fingerprint density at radius 2 is 2.30 bits per heavy atom. The van der Waals surface area contributed by atoms with Crippen molar-refractivity contribution in [1.29, 1.82) is 0 Å². The van der Waals surface area contributed by atoms with Crippen LogP contribution < -0.4 is 0 Å². The van der Waals surface area contributed by atoms with E-state index in [0.29, 0.717) is 36.9 Å². The monoisotopic (exact) mass is 319 g/mol. The second kappa shape index (κ2) is 5.86. The molecule has 2 aromatic heterocycles. The maximum Gasteiger partial charge on any atom is 0.311 e. The first-order valence-electron chi connectivity index (χ1n) is 7.35. The van der Waals surface area contributed by atoms with Crippen molar-refractivity contribution in [2.24, 2.45) is 5.41 Å². The first-order chi connectivity index (χ1) is 11.0. The van der Waals surface area contributed by atoms with Gasteiger partial charge in [-0.05, 0) is 25.5 Å². The summed E-state index contributed by atoms with van der Waals surface area (Å²) < 4.78 is 10.3. The summed E-state index contributed by atoms with van der Waals surface area (Å²) in [5, 5.41) is 13.0. The van der Waals surface area contributed by atoms with Crippen molar-refractivity contribution in [3.8, 4) is 11.6 Å². The second-order valence-corrected chi connectivity index (χ2v) is 5.92. The molecule has 23 heavy (non-hydrogen) atoms.